The second-order valence-corrected chi connectivity index (χ2v) is 7.95. The molecule has 0 radical (unpaired) electrons. The van der Waals surface area contributed by atoms with E-state index in [4.69, 9.17) is 0 Å². The van der Waals surface area contributed by atoms with E-state index < -0.39 is 17.5 Å². The fourth-order valence-electron chi connectivity index (χ4n) is 4.09. The van der Waals surface area contributed by atoms with Crippen LogP contribution in [0.15, 0.2) is 36.8 Å². The monoisotopic (exact) mass is 458 g/mol. The Morgan fingerprint density at radius 3 is 2.42 bits per heavy atom. The van der Waals surface area contributed by atoms with Gasteiger partial charge in [0.25, 0.3) is 0 Å². The Labute approximate surface area is 189 Å². The highest BCUT2D eigenvalue weighted by Gasteiger charge is 2.34. The van der Waals surface area contributed by atoms with E-state index in [1.165, 1.54) is 4.68 Å². The van der Waals surface area contributed by atoms with E-state index in [-0.39, 0.29) is 24.1 Å². The summed E-state index contributed by atoms with van der Waals surface area (Å²) in [6.07, 6.45) is 5.78. The summed E-state index contributed by atoms with van der Waals surface area (Å²) in [5, 5.41) is 7.45. The molecule has 1 unspecified atom stereocenters. The van der Waals surface area contributed by atoms with Crippen LogP contribution in [0.3, 0.4) is 0 Å². The Bertz CT molecular complexity index is 1160. The van der Waals surface area contributed by atoms with E-state index in [2.05, 4.69) is 15.4 Å². The second-order valence-electron chi connectivity index (χ2n) is 7.95. The minimum Gasteiger partial charge on any atom is -0.366 e. The Morgan fingerprint density at radius 2 is 1.76 bits per heavy atom. The Kier molecular flexibility index (Phi) is 6.26. The van der Waals surface area contributed by atoms with Crippen molar-refractivity contribution in [3.05, 3.63) is 65.4 Å². The van der Waals surface area contributed by atoms with Gasteiger partial charge in [-0.15, -0.1) is 0 Å². The van der Waals surface area contributed by atoms with Gasteiger partial charge in [-0.25, -0.2) is 18.2 Å². The molecule has 1 amide bonds. The van der Waals surface area contributed by atoms with Crippen LogP contribution in [-0.2, 0) is 17.9 Å². The highest BCUT2D eigenvalue weighted by molar-refractivity contribution is 6.05. The summed E-state index contributed by atoms with van der Waals surface area (Å²) in [6.45, 7) is 5.04. The summed E-state index contributed by atoms with van der Waals surface area (Å²) in [7, 11) is 1.91. The molecule has 1 aliphatic heterocycles. The predicted molar refractivity (Wildman–Crippen MR) is 120 cm³/mol. The first-order valence-corrected chi connectivity index (χ1v) is 10.7. The van der Waals surface area contributed by atoms with Crippen LogP contribution in [0.25, 0.3) is 0 Å². The number of fused-ring (bicyclic) bond motifs is 1. The molecule has 1 aliphatic rings. The molecule has 3 aromatic rings. The van der Waals surface area contributed by atoms with Crippen molar-refractivity contribution in [2.75, 3.05) is 28.7 Å². The molecule has 1 atom stereocenters. The third-order valence-electron chi connectivity index (χ3n) is 5.80. The summed E-state index contributed by atoms with van der Waals surface area (Å²) in [5.74, 6) is -3.21. The molecular formula is C23H25F3N6O. The molecule has 0 bridgehead atoms. The standard InChI is InChI=1S/C23H25F3N6O/c1-4-18-23(33)32(5-2)20-11-28-21(8-19(20)30(18)3)27-9-15-10-29-31(13-15)12-14-6-16(24)22(26)17(25)7-14/h6-8,10-11,13,18H,4-5,9,12H2,1-3H3,(H,27,28). The summed E-state index contributed by atoms with van der Waals surface area (Å²) in [5.41, 5.74) is 2.82. The molecule has 0 spiro atoms. The molecule has 0 saturated heterocycles. The number of amides is 1. The van der Waals surface area contributed by atoms with Crippen LogP contribution in [0.1, 0.15) is 31.4 Å². The van der Waals surface area contributed by atoms with Crippen LogP contribution in [0.2, 0.25) is 0 Å². The molecule has 4 rings (SSSR count). The first-order chi connectivity index (χ1) is 15.8. The minimum atomic E-state index is -1.48. The van der Waals surface area contributed by atoms with E-state index in [0.29, 0.717) is 25.3 Å². The van der Waals surface area contributed by atoms with E-state index in [1.807, 2.05) is 31.9 Å². The molecular weight excluding hydrogens is 433 g/mol. The van der Waals surface area contributed by atoms with Crippen molar-refractivity contribution < 1.29 is 18.0 Å². The number of likely N-dealkylation sites (N-methyl/N-ethyl adjacent to an activating group) is 2. The van der Waals surface area contributed by atoms with Crippen LogP contribution in [0, 0.1) is 17.5 Å². The molecule has 0 fully saturated rings. The van der Waals surface area contributed by atoms with E-state index in [0.717, 1.165) is 29.1 Å². The lowest BCUT2D eigenvalue weighted by Crippen LogP contribution is -2.51. The van der Waals surface area contributed by atoms with Gasteiger partial charge in [-0.2, -0.15) is 5.10 Å². The van der Waals surface area contributed by atoms with Gasteiger partial charge in [0, 0.05) is 38.0 Å². The average Bonchev–Trinajstić information content (AvgIpc) is 3.24. The zero-order valence-corrected chi connectivity index (χ0v) is 18.6. The van der Waals surface area contributed by atoms with Crippen molar-refractivity contribution in [1.82, 2.24) is 14.8 Å². The number of benzene rings is 1. The van der Waals surface area contributed by atoms with Crippen molar-refractivity contribution in [2.24, 2.45) is 0 Å². The van der Waals surface area contributed by atoms with Crippen LogP contribution < -0.4 is 15.1 Å². The van der Waals surface area contributed by atoms with E-state index in [1.54, 1.807) is 23.5 Å². The number of rotatable bonds is 7. The molecule has 1 N–H and O–H groups in total. The maximum Gasteiger partial charge on any atom is 0.249 e. The number of nitrogens with one attached hydrogen (secondary N) is 1. The lowest BCUT2D eigenvalue weighted by Gasteiger charge is -2.40. The number of hydrogen-bond acceptors (Lipinski definition) is 5. The molecule has 10 heteroatoms. The molecule has 7 nitrogen and oxygen atoms in total. The molecule has 33 heavy (non-hydrogen) atoms. The van der Waals surface area contributed by atoms with Crippen molar-refractivity contribution >= 4 is 23.1 Å². The van der Waals surface area contributed by atoms with Crippen LogP contribution in [0.5, 0.6) is 0 Å². The van der Waals surface area contributed by atoms with Gasteiger partial charge < -0.3 is 15.1 Å². The Morgan fingerprint density at radius 1 is 1.03 bits per heavy atom. The van der Waals surface area contributed by atoms with Gasteiger partial charge in [-0.3, -0.25) is 9.48 Å². The largest absolute Gasteiger partial charge is 0.366 e. The highest BCUT2D eigenvalue weighted by Crippen LogP contribution is 2.36. The van der Waals surface area contributed by atoms with Gasteiger partial charge in [0.15, 0.2) is 17.5 Å². The first kappa shape index (κ1) is 22.6. The van der Waals surface area contributed by atoms with Crippen LogP contribution in [0.4, 0.5) is 30.4 Å². The number of anilines is 3. The third-order valence-corrected chi connectivity index (χ3v) is 5.80. The maximum atomic E-state index is 13.4. The van der Waals surface area contributed by atoms with Gasteiger partial charge in [-0.1, -0.05) is 6.92 Å². The third kappa shape index (κ3) is 4.37. The number of nitrogens with zero attached hydrogens (tertiary/aromatic N) is 5. The van der Waals surface area contributed by atoms with Crippen LogP contribution in [-0.4, -0.2) is 40.3 Å². The molecule has 0 aliphatic carbocycles. The average molecular weight is 458 g/mol. The van der Waals surface area contributed by atoms with E-state index >= 15 is 0 Å². The fourth-order valence-corrected chi connectivity index (χ4v) is 4.09. The maximum absolute atomic E-state index is 13.4. The molecule has 174 valence electrons. The topological polar surface area (TPSA) is 66.3 Å². The van der Waals surface area contributed by atoms with Crippen molar-refractivity contribution in [2.45, 2.75) is 39.4 Å². The Hall–Kier alpha value is -3.56. The van der Waals surface area contributed by atoms with Gasteiger partial charge in [0.05, 0.1) is 30.3 Å². The number of pyridine rings is 1. The first-order valence-electron chi connectivity index (χ1n) is 10.7. The second kappa shape index (κ2) is 9.13. The summed E-state index contributed by atoms with van der Waals surface area (Å²) >= 11 is 0. The van der Waals surface area contributed by atoms with Gasteiger partial charge in [0.1, 0.15) is 11.9 Å². The highest BCUT2D eigenvalue weighted by atomic mass is 19.2. The van der Waals surface area contributed by atoms with Crippen molar-refractivity contribution in [3.63, 3.8) is 0 Å². The lowest BCUT2D eigenvalue weighted by atomic mass is 10.1. The van der Waals surface area contributed by atoms with Crippen LogP contribution >= 0.6 is 0 Å². The van der Waals surface area contributed by atoms with Gasteiger partial charge in [-0.05, 0) is 31.0 Å². The number of hydrogen-bond donors (Lipinski definition) is 1. The zero-order chi connectivity index (χ0) is 23.7. The summed E-state index contributed by atoms with van der Waals surface area (Å²) < 4.78 is 41.5. The lowest BCUT2D eigenvalue weighted by molar-refractivity contribution is -0.120. The predicted octanol–water partition coefficient (Wildman–Crippen LogP) is 3.94. The zero-order valence-electron chi connectivity index (χ0n) is 18.6. The molecule has 0 saturated carbocycles. The molecule has 3 heterocycles. The summed E-state index contributed by atoms with van der Waals surface area (Å²) in [6, 6.07) is 3.62. The number of aromatic nitrogens is 3. The normalized spacial score (nSPS) is 15.7. The van der Waals surface area contributed by atoms with Gasteiger partial charge >= 0.3 is 0 Å². The van der Waals surface area contributed by atoms with E-state index in [9.17, 15) is 18.0 Å². The Balaban J connectivity index is 1.46. The molecule has 2 aromatic heterocycles. The number of halogens is 3. The smallest absolute Gasteiger partial charge is 0.249 e. The van der Waals surface area contributed by atoms with Gasteiger partial charge in [0.2, 0.25) is 5.91 Å². The SMILES string of the molecule is CCC1C(=O)N(CC)c2cnc(NCc3cnn(Cc4cc(F)c(F)c(F)c4)c3)cc2N1C. The quantitative estimate of drug-likeness (QED) is 0.544. The molecule has 1 aromatic carbocycles. The number of carbonyl (C=O) groups excluding carboxylic acids is 1. The fraction of sp³-hybridized carbons (Fsp3) is 0.348. The summed E-state index contributed by atoms with van der Waals surface area (Å²) in [4.78, 5) is 20.9. The van der Waals surface area contributed by atoms with Crippen molar-refractivity contribution in [3.8, 4) is 0 Å². The van der Waals surface area contributed by atoms with Crippen molar-refractivity contribution in [1.29, 1.82) is 0 Å². The minimum absolute atomic E-state index is 0.0749. The number of carbonyl (C=O) groups is 1.